The quantitative estimate of drug-likeness (QED) is 0.567. The molecule has 1 amide bonds. The summed E-state index contributed by atoms with van der Waals surface area (Å²) in [5.41, 5.74) is 4.97. The van der Waals surface area contributed by atoms with Crippen LogP contribution in [0.1, 0.15) is 21.7 Å². The number of halogens is 1. The molecule has 29 heavy (non-hydrogen) atoms. The van der Waals surface area contributed by atoms with Crippen LogP contribution in [0.4, 0.5) is 10.3 Å². The molecule has 7 heteroatoms. The van der Waals surface area contributed by atoms with Crippen LogP contribution in [0, 0.1) is 19.7 Å². The van der Waals surface area contributed by atoms with Gasteiger partial charge < -0.3 is 4.57 Å². The van der Waals surface area contributed by atoms with Gasteiger partial charge in [-0.15, -0.1) is 0 Å². The summed E-state index contributed by atoms with van der Waals surface area (Å²) < 4.78 is 16.7. The van der Waals surface area contributed by atoms with Gasteiger partial charge in [-0.2, -0.15) is 5.10 Å². The van der Waals surface area contributed by atoms with Crippen molar-refractivity contribution in [3.05, 3.63) is 83.6 Å². The number of anilines is 1. The molecule has 1 N–H and O–H groups in total. The summed E-state index contributed by atoms with van der Waals surface area (Å²) in [4.78, 5) is 16.9. The second-order valence-corrected chi connectivity index (χ2v) is 6.87. The highest BCUT2D eigenvalue weighted by Crippen LogP contribution is 2.22. The van der Waals surface area contributed by atoms with Gasteiger partial charge in [0.25, 0.3) is 5.91 Å². The van der Waals surface area contributed by atoms with Crippen molar-refractivity contribution in [1.82, 2.24) is 19.3 Å². The zero-order chi connectivity index (χ0) is 20.5. The third-order valence-electron chi connectivity index (χ3n) is 4.74. The molecular formula is C22H20FN5O. The molecule has 0 spiro atoms. The van der Waals surface area contributed by atoms with E-state index in [9.17, 15) is 9.18 Å². The fraction of sp³-hybridized carbons (Fsp3) is 0.136. The minimum Gasteiger partial charge on any atom is -0.313 e. The van der Waals surface area contributed by atoms with Gasteiger partial charge in [0.2, 0.25) is 5.95 Å². The Kier molecular flexibility index (Phi) is 4.72. The van der Waals surface area contributed by atoms with Gasteiger partial charge in [-0.25, -0.2) is 14.1 Å². The smallest absolute Gasteiger partial charge is 0.257 e. The summed E-state index contributed by atoms with van der Waals surface area (Å²) in [5, 5.41) is 7.27. The number of carbonyl (C=O) groups excluding carboxylic acids is 1. The van der Waals surface area contributed by atoms with Crippen molar-refractivity contribution in [1.29, 1.82) is 0 Å². The Labute approximate surface area is 167 Å². The number of nitrogens with zero attached hydrogens (tertiary/aromatic N) is 4. The minimum absolute atomic E-state index is 0.260. The van der Waals surface area contributed by atoms with Crippen LogP contribution in [0.15, 0.2) is 60.8 Å². The van der Waals surface area contributed by atoms with E-state index in [1.807, 2.05) is 36.7 Å². The van der Waals surface area contributed by atoms with Gasteiger partial charge in [-0.05, 0) is 68.4 Å². The summed E-state index contributed by atoms with van der Waals surface area (Å²) >= 11 is 0. The van der Waals surface area contributed by atoms with Crippen LogP contribution in [0.2, 0.25) is 0 Å². The molecule has 2 aromatic heterocycles. The Hall–Kier alpha value is -3.74. The van der Waals surface area contributed by atoms with Gasteiger partial charge in [0.1, 0.15) is 5.82 Å². The van der Waals surface area contributed by atoms with Gasteiger partial charge in [-0.3, -0.25) is 10.1 Å². The number of hydrogen-bond acceptors (Lipinski definition) is 3. The molecule has 2 heterocycles. The van der Waals surface area contributed by atoms with Crippen LogP contribution in [-0.4, -0.2) is 25.2 Å². The number of hydrogen-bond donors (Lipinski definition) is 1. The highest BCUT2D eigenvalue weighted by molar-refractivity contribution is 6.03. The summed E-state index contributed by atoms with van der Waals surface area (Å²) in [7, 11) is 1.80. The summed E-state index contributed by atoms with van der Waals surface area (Å²) in [6.07, 6.45) is 1.65. The van der Waals surface area contributed by atoms with E-state index in [-0.39, 0.29) is 11.7 Å². The number of rotatable bonds is 4. The summed E-state index contributed by atoms with van der Waals surface area (Å²) in [6.45, 7) is 3.93. The van der Waals surface area contributed by atoms with E-state index in [1.54, 1.807) is 42.1 Å². The van der Waals surface area contributed by atoms with E-state index in [1.165, 1.54) is 12.1 Å². The topological polar surface area (TPSA) is 64.7 Å². The molecule has 6 nitrogen and oxygen atoms in total. The third-order valence-corrected chi connectivity index (χ3v) is 4.74. The van der Waals surface area contributed by atoms with Crippen molar-refractivity contribution in [2.24, 2.45) is 7.05 Å². The normalized spacial score (nSPS) is 10.9. The minimum atomic E-state index is -0.298. The molecule has 0 aliphatic heterocycles. The number of benzene rings is 2. The Balaban J connectivity index is 1.52. The predicted octanol–water partition coefficient (Wildman–Crippen LogP) is 4.28. The van der Waals surface area contributed by atoms with Crippen LogP contribution >= 0.6 is 0 Å². The number of carbonyl (C=O) groups is 1. The van der Waals surface area contributed by atoms with Crippen LogP contribution in [0.25, 0.3) is 16.9 Å². The standard InChI is InChI=1S/C22H20FN5O/c1-14-12-15(2)28(26-14)19-10-6-17(7-11-19)21(29)25-22-24-13-20(27(22)3)16-4-8-18(23)9-5-16/h4-13H,1-3H3,(H,24,25,29). The molecular weight excluding hydrogens is 369 g/mol. The van der Waals surface area contributed by atoms with Crippen molar-refractivity contribution in [2.75, 3.05) is 5.32 Å². The SMILES string of the molecule is Cc1cc(C)n(-c2ccc(C(=O)Nc3ncc(-c4ccc(F)cc4)n3C)cc2)n1. The van der Waals surface area contributed by atoms with Crippen LogP contribution < -0.4 is 5.32 Å². The van der Waals surface area contributed by atoms with Crippen molar-refractivity contribution in [2.45, 2.75) is 13.8 Å². The highest BCUT2D eigenvalue weighted by Gasteiger charge is 2.13. The van der Waals surface area contributed by atoms with Crippen molar-refractivity contribution < 1.29 is 9.18 Å². The van der Waals surface area contributed by atoms with E-state index in [2.05, 4.69) is 15.4 Å². The maximum atomic E-state index is 13.1. The molecule has 4 rings (SSSR count). The van der Waals surface area contributed by atoms with E-state index >= 15 is 0 Å². The fourth-order valence-electron chi connectivity index (χ4n) is 3.23. The molecule has 0 unspecified atom stereocenters. The first-order valence-corrected chi connectivity index (χ1v) is 9.15. The summed E-state index contributed by atoms with van der Waals surface area (Å²) in [6, 6.07) is 15.4. The van der Waals surface area contributed by atoms with Gasteiger partial charge in [0.15, 0.2) is 0 Å². The molecule has 0 atom stereocenters. The molecule has 146 valence electrons. The average Bonchev–Trinajstić information content (AvgIpc) is 3.24. The number of imidazole rings is 1. The highest BCUT2D eigenvalue weighted by atomic mass is 19.1. The second-order valence-electron chi connectivity index (χ2n) is 6.87. The molecule has 0 saturated heterocycles. The van der Waals surface area contributed by atoms with E-state index in [0.717, 1.165) is 28.3 Å². The number of nitrogens with one attached hydrogen (secondary N) is 1. The van der Waals surface area contributed by atoms with E-state index < -0.39 is 0 Å². The lowest BCUT2D eigenvalue weighted by molar-refractivity contribution is 0.102. The van der Waals surface area contributed by atoms with Crippen molar-refractivity contribution in [3.63, 3.8) is 0 Å². The lowest BCUT2D eigenvalue weighted by Crippen LogP contribution is -2.15. The van der Waals surface area contributed by atoms with Crippen molar-refractivity contribution in [3.8, 4) is 16.9 Å². The Bertz CT molecular complexity index is 1170. The monoisotopic (exact) mass is 389 g/mol. The molecule has 0 fully saturated rings. The van der Waals surface area contributed by atoms with Gasteiger partial charge in [-0.1, -0.05) is 0 Å². The fourth-order valence-corrected chi connectivity index (χ4v) is 3.23. The molecule has 4 aromatic rings. The maximum absolute atomic E-state index is 13.1. The first kappa shape index (κ1) is 18.6. The Morgan fingerprint density at radius 2 is 1.72 bits per heavy atom. The van der Waals surface area contributed by atoms with Crippen LogP contribution in [0.5, 0.6) is 0 Å². The molecule has 0 saturated carbocycles. The first-order chi connectivity index (χ1) is 13.9. The first-order valence-electron chi connectivity index (χ1n) is 9.15. The predicted molar refractivity (Wildman–Crippen MR) is 110 cm³/mol. The lowest BCUT2D eigenvalue weighted by atomic mass is 10.2. The number of aromatic nitrogens is 4. The zero-order valence-corrected chi connectivity index (χ0v) is 16.3. The van der Waals surface area contributed by atoms with E-state index in [0.29, 0.717) is 11.5 Å². The number of amides is 1. The lowest BCUT2D eigenvalue weighted by Gasteiger charge is -2.09. The maximum Gasteiger partial charge on any atom is 0.257 e. The van der Waals surface area contributed by atoms with Gasteiger partial charge in [0, 0.05) is 23.9 Å². The average molecular weight is 389 g/mol. The Morgan fingerprint density at radius 3 is 2.34 bits per heavy atom. The van der Waals surface area contributed by atoms with Crippen LogP contribution in [-0.2, 0) is 7.05 Å². The van der Waals surface area contributed by atoms with Crippen molar-refractivity contribution >= 4 is 11.9 Å². The summed E-state index contributed by atoms with van der Waals surface area (Å²) in [5.74, 6) is -0.144. The molecule has 0 aliphatic rings. The molecule has 2 aromatic carbocycles. The number of aryl methyl sites for hydroxylation is 2. The molecule has 0 bridgehead atoms. The molecule has 0 aliphatic carbocycles. The zero-order valence-electron chi connectivity index (χ0n) is 16.3. The Morgan fingerprint density at radius 1 is 1.03 bits per heavy atom. The van der Waals surface area contributed by atoms with E-state index in [4.69, 9.17) is 0 Å². The van der Waals surface area contributed by atoms with Gasteiger partial charge in [0.05, 0.1) is 23.3 Å². The van der Waals surface area contributed by atoms with Gasteiger partial charge >= 0.3 is 0 Å². The van der Waals surface area contributed by atoms with Crippen LogP contribution in [0.3, 0.4) is 0 Å². The largest absolute Gasteiger partial charge is 0.313 e. The third kappa shape index (κ3) is 3.67. The second kappa shape index (κ2) is 7.35. The molecule has 0 radical (unpaired) electrons.